The van der Waals surface area contributed by atoms with Crippen LogP contribution >= 0.6 is 23.4 Å². The molecule has 2 nitrogen and oxygen atoms in total. The zero-order valence-electron chi connectivity index (χ0n) is 9.80. The quantitative estimate of drug-likeness (QED) is 0.473. The zero-order valence-corrected chi connectivity index (χ0v) is 12.4. The summed E-state index contributed by atoms with van der Waals surface area (Å²) in [6.07, 6.45) is 1.99. The molecule has 0 saturated heterocycles. The van der Waals surface area contributed by atoms with Crippen LogP contribution in [-0.4, -0.2) is 19.3 Å². The first-order valence-electron chi connectivity index (χ1n) is 5.06. The van der Waals surface area contributed by atoms with E-state index in [4.69, 9.17) is 16.0 Å². The Balaban J connectivity index is 2.66. The van der Waals surface area contributed by atoms with Crippen LogP contribution in [0.3, 0.4) is 0 Å². The van der Waals surface area contributed by atoms with Crippen LogP contribution in [0.15, 0.2) is 21.6 Å². The standard InChI is InChI=1S/C11H14ClNOSSi/c1-15-8-5-7-6-9(16(2,3)4)14-10(7)11(12)13-8/h5-6H,1-4H3. The van der Waals surface area contributed by atoms with Crippen LogP contribution in [0.5, 0.6) is 0 Å². The summed E-state index contributed by atoms with van der Waals surface area (Å²) >= 11 is 7.69. The van der Waals surface area contributed by atoms with Crippen molar-refractivity contribution in [2.45, 2.75) is 24.7 Å². The van der Waals surface area contributed by atoms with Crippen molar-refractivity contribution in [2.24, 2.45) is 0 Å². The summed E-state index contributed by atoms with van der Waals surface area (Å²) < 4.78 is 5.82. The molecule has 0 unspecified atom stereocenters. The minimum Gasteiger partial charge on any atom is -0.463 e. The Bertz CT molecular complexity index is 532. The van der Waals surface area contributed by atoms with Crippen LogP contribution in [0.4, 0.5) is 0 Å². The van der Waals surface area contributed by atoms with E-state index in [2.05, 4.69) is 30.7 Å². The Morgan fingerprint density at radius 3 is 2.56 bits per heavy atom. The monoisotopic (exact) mass is 271 g/mol. The molecule has 0 fully saturated rings. The molecule has 86 valence electrons. The number of furan rings is 1. The first-order valence-corrected chi connectivity index (χ1v) is 10.2. The lowest BCUT2D eigenvalue weighted by Crippen LogP contribution is -2.36. The van der Waals surface area contributed by atoms with Gasteiger partial charge in [-0.25, -0.2) is 4.98 Å². The van der Waals surface area contributed by atoms with E-state index in [9.17, 15) is 0 Å². The maximum atomic E-state index is 6.10. The summed E-state index contributed by atoms with van der Waals surface area (Å²) in [7, 11) is -1.43. The Kier molecular flexibility index (Phi) is 3.07. The summed E-state index contributed by atoms with van der Waals surface area (Å²) in [6, 6.07) is 4.13. The molecule has 0 aromatic carbocycles. The van der Waals surface area contributed by atoms with Crippen molar-refractivity contribution >= 4 is 47.8 Å². The van der Waals surface area contributed by atoms with Crippen LogP contribution in [0.25, 0.3) is 11.0 Å². The minimum absolute atomic E-state index is 0.464. The van der Waals surface area contributed by atoms with Gasteiger partial charge in [-0.2, -0.15) is 0 Å². The highest BCUT2D eigenvalue weighted by atomic mass is 35.5. The minimum atomic E-state index is -1.43. The van der Waals surface area contributed by atoms with Gasteiger partial charge >= 0.3 is 0 Å². The zero-order chi connectivity index (χ0) is 11.9. The third-order valence-electron chi connectivity index (χ3n) is 2.38. The summed E-state index contributed by atoms with van der Waals surface area (Å²) in [5.74, 6) is 0. The number of nitrogens with zero attached hydrogens (tertiary/aromatic N) is 1. The van der Waals surface area contributed by atoms with E-state index < -0.39 is 8.07 Å². The maximum absolute atomic E-state index is 6.10. The molecule has 0 amide bonds. The Hall–Kier alpha value is -0.453. The third-order valence-corrected chi connectivity index (χ3v) is 4.99. The molecule has 0 spiro atoms. The van der Waals surface area contributed by atoms with Gasteiger partial charge in [-0.3, -0.25) is 0 Å². The predicted molar refractivity (Wildman–Crippen MR) is 73.8 cm³/mol. The molecule has 0 N–H and O–H groups in total. The van der Waals surface area contributed by atoms with E-state index in [1.165, 1.54) is 0 Å². The lowest BCUT2D eigenvalue weighted by molar-refractivity contribution is 0.646. The van der Waals surface area contributed by atoms with Crippen LogP contribution < -0.4 is 5.38 Å². The summed E-state index contributed by atoms with van der Waals surface area (Å²) in [5.41, 5.74) is 0.719. The van der Waals surface area contributed by atoms with Crippen molar-refractivity contribution in [1.82, 2.24) is 4.98 Å². The average molecular weight is 272 g/mol. The lowest BCUT2D eigenvalue weighted by atomic mass is 10.3. The topological polar surface area (TPSA) is 26.0 Å². The second-order valence-electron chi connectivity index (χ2n) is 4.73. The van der Waals surface area contributed by atoms with Crippen LogP contribution in [-0.2, 0) is 0 Å². The van der Waals surface area contributed by atoms with Crippen molar-refractivity contribution < 1.29 is 4.42 Å². The summed E-state index contributed by atoms with van der Waals surface area (Å²) in [6.45, 7) is 6.75. The Morgan fingerprint density at radius 2 is 2.00 bits per heavy atom. The first-order chi connectivity index (χ1) is 7.41. The number of aromatic nitrogens is 1. The largest absolute Gasteiger partial charge is 0.463 e. The van der Waals surface area contributed by atoms with E-state index in [0.717, 1.165) is 21.4 Å². The van der Waals surface area contributed by atoms with Gasteiger partial charge in [0.2, 0.25) is 0 Å². The fraction of sp³-hybridized carbons (Fsp3) is 0.364. The molecule has 0 radical (unpaired) electrons. The smallest absolute Gasteiger partial charge is 0.173 e. The number of hydrogen-bond donors (Lipinski definition) is 0. The van der Waals surface area contributed by atoms with Gasteiger partial charge in [0.1, 0.15) is 8.07 Å². The van der Waals surface area contributed by atoms with Gasteiger partial charge in [-0.1, -0.05) is 31.2 Å². The van der Waals surface area contributed by atoms with Crippen molar-refractivity contribution in [3.05, 3.63) is 17.3 Å². The van der Waals surface area contributed by atoms with Crippen molar-refractivity contribution in [3.8, 4) is 0 Å². The van der Waals surface area contributed by atoms with Crippen LogP contribution in [0, 0.1) is 0 Å². The summed E-state index contributed by atoms with van der Waals surface area (Å²) in [5, 5.41) is 3.53. The second kappa shape index (κ2) is 4.09. The van der Waals surface area contributed by atoms with Crippen LogP contribution in [0.2, 0.25) is 24.8 Å². The molecular weight excluding hydrogens is 258 g/mol. The van der Waals surface area contributed by atoms with Gasteiger partial charge < -0.3 is 4.42 Å². The van der Waals surface area contributed by atoms with Crippen LogP contribution in [0.1, 0.15) is 0 Å². The Morgan fingerprint density at radius 1 is 1.31 bits per heavy atom. The highest BCUT2D eigenvalue weighted by molar-refractivity contribution is 7.98. The van der Waals surface area contributed by atoms with E-state index in [0.29, 0.717) is 5.15 Å². The average Bonchev–Trinajstić information content (AvgIpc) is 2.61. The number of fused-ring (bicyclic) bond motifs is 1. The molecule has 2 aromatic heterocycles. The van der Waals surface area contributed by atoms with Gasteiger partial charge in [0.05, 0.1) is 10.4 Å². The van der Waals surface area contributed by atoms with Crippen molar-refractivity contribution in [1.29, 1.82) is 0 Å². The molecule has 5 heteroatoms. The predicted octanol–water partition coefficient (Wildman–Crippen LogP) is 3.75. The van der Waals surface area contributed by atoms with E-state index in [1.54, 1.807) is 11.8 Å². The SMILES string of the molecule is CSc1cc2cc([Si](C)(C)C)oc2c(Cl)n1. The molecule has 16 heavy (non-hydrogen) atoms. The molecule has 0 atom stereocenters. The van der Waals surface area contributed by atoms with Gasteiger partial charge in [-0.05, 0) is 18.4 Å². The lowest BCUT2D eigenvalue weighted by Gasteiger charge is -2.10. The summed E-state index contributed by atoms with van der Waals surface area (Å²) in [4.78, 5) is 4.27. The number of thioether (sulfide) groups is 1. The molecule has 0 aliphatic rings. The Labute approximate surface area is 105 Å². The van der Waals surface area contributed by atoms with Gasteiger partial charge in [0.25, 0.3) is 0 Å². The van der Waals surface area contributed by atoms with E-state index in [1.807, 2.05) is 12.3 Å². The number of halogens is 1. The normalized spacial score (nSPS) is 12.3. The fourth-order valence-corrected chi connectivity index (χ4v) is 3.17. The fourth-order valence-electron chi connectivity index (χ4n) is 1.46. The molecule has 0 aliphatic carbocycles. The molecule has 0 saturated carbocycles. The van der Waals surface area contributed by atoms with Gasteiger partial charge in [0.15, 0.2) is 10.7 Å². The molecule has 2 aromatic rings. The second-order valence-corrected chi connectivity index (χ2v) is 10.9. The first kappa shape index (κ1) is 12.0. The van der Waals surface area contributed by atoms with Crippen molar-refractivity contribution in [2.75, 3.05) is 6.26 Å². The highest BCUT2D eigenvalue weighted by Gasteiger charge is 2.22. The maximum Gasteiger partial charge on any atom is 0.173 e. The number of rotatable bonds is 2. The van der Waals surface area contributed by atoms with Crippen molar-refractivity contribution in [3.63, 3.8) is 0 Å². The number of pyridine rings is 1. The van der Waals surface area contributed by atoms with Gasteiger partial charge in [0, 0.05) is 5.39 Å². The van der Waals surface area contributed by atoms with E-state index in [-0.39, 0.29) is 0 Å². The molecular formula is C11H14ClNOSSi. The highest BCUT2D eigenvalue weighted by Crippen LogP contribution is 2.27. The number of hydrogen-bond acceptors (Lipinski definition) is 3. The molecule has 2 heterocycles. The molecule has 2 rings (SSSR count). The molecule has 0 aliphatic heterocycles. The third kappa shape index (κ3) is 2.14. The van der Waals surface area contributed by atoms with E-state index >= 15 is 0 Å². The van der Waals surface area contributed by atoms with Gasteiger partial charge in [-0.15, -0.1) is 11.8 Å². The molecule has 0 bridgehead atoms.